The van der Waals surface area contributed by atoms with Crippen LogP contribution in [0.15, 0.2) is 29.2 Å². The number of piperazine rings is 1. The second-order valence-corrected chi connectivity index (χ2v) is 6.09. The average Bonchev–Trinajstić information content (AvgIpc) is 2.47. The monoisotopic (exact) mass is 349 g/mol. The van der Waals surface area contributed by atoms with Crippen LogP contribution in [-0.4, -0.2) is 55.8 Å². The largest absolute Gasteiger partial charge is 0.354 e. The first-order valence-corrected chi connectivity index (χ1v) is 8.19. The van der Waals surface area contributed by atoms with Gasteiger partial charge < -0.3 is 10.6 Å². The van der Waals surface area contributed by atoms with Crippen LogP contribution in [0, 0.1) is 0 Å². The normalized spacial score (nSPS) is 15.3. The topological polar surface area (TPSA) is 44.4 Å². The fraction of sp³-hybridized carbons (Fsp3) is 0.500. The lowest BCUT2D eigenvalue weighted by molar-refractivity contribution is -0.118. The first-order valence-electron chi connectivity index (χ1n) is 6.83. The first kappa shape index (κ1) is 18.6. The highest BCUT2D eigenvalue weighted by atomic mass is 35.5. The van der Waals surface area contributed by atoms with Crippen LogP contribution >= 0.6 is 35.8 Å². The smallest absolute Gasteiger partial charge is 0.230 e. The molecule has 7 heteroatoms. The molecular formula is C14H21Cl2N3OS. The van der Waals surface area contributed by atoms with E-state index in [2.05, 4.69) is 15.5 Å². The number of halogens is 2. The van der Waals surface area contributed by atoms with Crippen LogP contribution in [0.3, 0.4) is 0 Å². The summed E-state index contributed by atoms with van der Waals surface area (Å²) in [5.41, 5.74) is 0. The number of hydrogen-bond acceptors (Lipinski definition) is 4. The quantitative estimate of drug-likeness (QED) is 0.769. The van der Waals surface area contributed by atoms with Gasteiger partial charge in [0.1, 0.15) is 0 Å². The fourth-order valence-electron chi connectivity index (χ4n) is 2.04. The zero-order valence-corrected chi connectivity index (χ0v) is 14.2. The van der Waals surface area contributed by atoms with E-state index in [1.165, 1.54) is 11.8 Å². The second kappa shape index (κ2) is 10.3. The predicted octanol–water partition coefficient (Wildman–Crippen LogP) is 1.88. The maximum atomic E-state index is 11.8. The Morgan fingerprint density at radius 3 is 2.76 bits per heavy atom. The number of thioether (sulfide) groups is 1. The van der Waals surface area contributed by atoms with E-state index >= 15 is 0 Å². The zero-order chi connectivity index (χ0) is 14.2. The molecule has 1 aromatic carbocycles. The number of carbonyl (C=O) groups excluding carboxylic acids is 1. The van der Waals surface area contributed by atoms with E-state index in [1.54, 1.807) is 0 Å². The molecule has 0 saturated carbocycles. The molecular weight excluding hydrogens is 329 g/mol. The molecule has 4 nitrogen and oxygen atoms in total. The van der Waals surface area contributed by atoms with Crippen molar-refractivity contribution in [2.45, 2.75) is 4.90 Å². The SMILES string of the molecule is Cl.O=C(CSc1ccccc1Cl)NCCN1CCNCC1. The molecule has 0 spiro atoms. The van der Waals surface area contributed by atoms with Crippen molar-refractivity contribution in [3.63, 3.8) is 0 Å². The maximum absolute atomic E-state index is 11.8. The summed E-state index contributed by atoms with van der Waals surface area (Å²) >= 11 is 7.52. The van der Waals surface area contributed by atoms with E-state index in [-0.39, 0.29) is 18.3 Å². The molecule has 1 saturated heterocycles. The summed E-state index contributed by atoms with van der Waals surface area (Å²) in [6, 6.07) is 7.59. The van der Waals surface area contributed by atoms with Gasteiger partial charge in [-0.05, 0) is 12.1 Å². The van der Waals surface area contributed by atoms with Crippen molar-refractivity contribution in [1.82, 2.24) is 15.5 Å². The predicted molar refractivity (Wildman–Crippen MR) is 91.7 cm³/mol. The first-order chi connectivity index (χ1) is 9.75. The van der Waals surface area contributed by atoms with Crippen molar-refractivity contribution < 1.29 is 4.79 Å². The van der Waals surface area contributed by atoms with E-state index in [0.717, 1.165) is 37.6 Å². The average molecular weight is 350 g/mol. The Hall–Kier alpha value is -0.460. The van der Waals surface area contributed by atoms with Crippen LogP contribution in [-0.2, 0) is 4.79 Å². The highest BCUT2D eigenvalue weighted by Crippen LogP contribution is 2.26. The number of benzene rings is 1. The van der Waals surface area contributed by atoms with Crippen LogP contribution < -0.4 is 10.6 Å². The summed E-state index contributed by atoms with van der Waals surface area (Å²) in [5.74, 6) is 0.468. The molecule has 0 atom stereocenters. The molecule has 0 aliphatic carbocycles. The van der Waals surface area contributed by atoms with Crippen LogP contribution in [0.4, 0.5) is 0 Å². The van der Waals surface area contributed by atoms with Gasteiger partial charge in [0.05, 0.1) is 10.8 Å². The summed E-state index contributed by atoms with van der Waals surface area (Å²) in [4.78, 5) is 15.1. The van der Waals surface area contributed by atoms with E-state index in [1.807, 2.05) is 24.3 Å². The Labute approximate surface area is 141 Å². The summed E-state index contributed by atoms with van der Waals surface area (Å²) in [6.07, 6.45) is 0. The molecule has 0 bridgehead atoms. The van der Waals surface area contributed by atoms with Gasteiger partial charge in [-0.15, -0.1) is 24.2 Å². The van der Waals surface area contributed by atoms with Gasteiger partial charge in [-0.25, -0.2) is 0 Å². The minimum absolute atomic E-state index is 0. The molecule has 118 valence electrons. The minimum atomic E-state index is 0. The Morgan fingerprint density at radius 2 is 2.05 bits per heavy atom. The molecule has 0 radical (unpaired) electrons. The van der Waals surface area contributed by atoms with Crippen LogP contribution in [0.25, 0.3) is 0 Å². The van der Waals surface area contributed by atoms with Gasteiger partial charge in [0, 0.05) is 44.2 Å². The highest BCUT2D eigenvalue weighted by Gasteiger charge is 2.09. The van der Waals surface area contributed by atoms with Crippen LogP contribution in [0.2, 0.25) is 5.02 Å². The lowest BCUT2D eigenvalue weighted by atomic mass is 10.3. The van der Waals surface area contributed by atoms with Crippen molar-refractivity contribution in [3.05, 3.63) is 29.3 Å². The summed E-state index contributed by atoms with van der Waals surface area (Å²) < 4.78 is 0. The van der Waals surface area contributed by atoms with Crippen molar-refractivity contribution in [2.24, 2.45) is 0 Å². The highest BCUT2D eigenvalue weighted by molar-refractivity contribution is 8.00. The zero-order valence-electron chi connectivity index (χ0n) is 11.8. The van der Waals surface area contributed by atoms with E-state index in [4.69, 9.17) is 11.6 Å². The molecule has 1 aromatic rings. The van der Waals surface area contributed by atoms with Gasteiger partial charge in [0.15, 0.2) is 0 Å². The number of rotatable bonds is 6. The summed E-state index contributed by atoms with van der Waals surface area (Å²) in [6.45, 7) is 5.83. The van der Waals surface area contributed by atoms with Gasteiger partial charge in [-0.2, -0.15) is 0 Å². The Morgan fingerprint density at radius 1 is 1.33 bits per heavy atom. The molecule has 2 N–H and O–H groups in total. The Balaban J connectivity index is 0.00000220. The van der Waals surface area contributed by atoms with Gasteiger partial charge in [0.2, 0.25) is 5.91 Å². The van der Waals surface area contributed by atoms with Gasteiger partial charge in [-0.3, -0.25) is 9.69 Å². The van der Waals surface area contributed by atoms with E-state index < -0.39 is 0 Å². The van der Waals surface area contributed by atoms with Crippen LogP contribution in [0.5, 0.6) is 0 Å². The molecule has 21 heavy (non-hydrogen) atoms. The number of amides is 1. The molecule has 0 unspecified atom stereocenters. The third-order valence-electron chi connectivity index (χ3n) is 3.16. The van der Waals surface area contributed by atoms with Gasteiger partial charge in [0.25, 0.3) is 0 Å². The van der Waals surface area contributed by atoms with Crippen molar-refractivity contribution in [3.8, 4) is 0 Å². The Kier molecular flexibility index (Phi) is 9.11. The maximum Gasteiger partial charge on any atom is 0.230 e. The lowest BCUT2D eigenvalue weighted by Gasteiger charge is -2.27. The van der Waals surface area contributed by atoms with Crippen LogP contribution in [0.1, 0.15) is 0 Å². The minimum Gasteiger partial charge on any atom is -0.354 e. The van der Waals surface area contributed by atoms with Crippen molar-refractivity contribution >= 4 is 41.7 Å². The number of carbonyl (C=O) groups is 1. The molecule has 1 heterocycles. The number of nitrogens with one attached hydrogen (secondary N) is 2. The van der Waals surface area contributed by atoms with Crippen molar-refractivity contribution in [2.75, 3.05) is 45.0 Å². The lowest BCUT2D eigenvalue weighted by Crippen LogP contribution is -2.46. The third-order valence-corrected chi connectivity index (χ3v) is 4.67. The number of hydrogen-bond donors (Lipinski definition) is 2. The Bertz CT molecular complexity index is 442. The van der Waals surface area contributed by atoms with E-state index in [9.17, 15) is 4.79 Å². The molecule has 1 amide bonds. The van der Waals surface area contributed by atoms with Crippen molar-refractivity contribution in [1.29, 1.82) is 0 Å². The summed E-state index contributed by atoms with van der Waals surface area (Å²) in [5, 5.41) is 6.97. The molecule has 1 aliphatic rings. The third kappa shape index (κ3) is 6.89. The fourth-order valence-corrected chi connectivity index (χ4v) is 3.11. The summed E-state index contributed by atoms with van der Waals surface area (Å²) in [7, 11) is 0. The molecule has 1 aliphatic heterocycles. The molecule has 1 fully saturated rings. The van der Waals surface area contributed by atoms with Gasteiger partial charge >= 0.3 is 0 Å². The number of nitrogens with zero attached hydrogens (tertiary/aromatic N) is 1. The van der Waals surface area contributed by atoms with E-state index in [0.29, 0.717) is 17.3 Å². The second-order valence-electron chi connectivity index (χ2n) is 4.66. The van der Waals surface area contributed by atoms with Gasteiger partial charge in [-0.1, -0.05) is 23.7 Å². The standard InChI is InChI=1S/C14H20ClN3OS.ClH/c15-12-3-1-2-4-13(12)20-11-14(19)17-7-10-18-8-5-16-6-9-18;/h1-4,16H,5-11H2,(H,17,19);1H. The molecule has 2 rings (SSSR count). The molecule has 0 aromatic heterocycles.